The van der Waals surface area contributed by atoms with E-state index in [-0.39, 0.29) is 16.7 Å². The number of rotatable bonds is 100. The van der Waals surface area contributed by atoms with E-state index < -0.39 is 32.6 Å². The van der Waals surface area contributed by atoms with Gasteiger partial charge in [-0.05, 0) is 142 Å². The van der Waals surface area contributed by atoms with Crippen LogP contribution in [-0.2, 0) is 158 Å². The highest BCUT2D eigenvalue weighted by molar-refractivity contribution is 7.94. The number of methoxy groups -OCH3 is 1. The maximum absolute atomic E-state index is 12.8. The van der Waals surface area contributed by atoms with Crippen LogP contribution in [0, 0.1) is 0 Å². The number of ether oxygens (including phenoxy) is 25. The number of hydrogen-bond donors (Lipinski definition) is 4. The van der Waals surface area contributed by atoms with Crippen LogP contribution < -0.4 is 31.0 Å². The van der Waals surface area contributed by atoms with Crippen molar-refractivity contribution in [3.63, 3.8) is 0 Å². The van der Waals surface area contributed by atoms with Crippen molar-refractivity contribution in [1.29, 1.82) is 0 Å². The van der Waals surface area contributed by atoms with E-state index in [1.54, 1.807) is 18.1 Å². The Morgan fingerprint density at radius 3 is 1.10 bits per heavy atom. The van der Waals surface area contributed by atoms with Crippen molar-refractivity contribution in [2.45, 2.75) is 166 Å². The largest absolute Gasteiger partial charge is 0.744 e. The average molecular weight is 2100 g/mol. The van der Waals surface area contributed by atoms with Gasteiger partial charge in [0.15, 0.2) is 5.71 Å². The Morgan fingerprint density at radius 2 is 0.757 bits per heavy atom. The fourth-order valence-corrected chi connectivity index (χ4v) is 15.2. The fourth-order valence-electron chi connectivity index (χ4n) is 14.3. The van der Waals surface area contributed by atoms with Crippen LogP contribution in [0.15, 0.2) is 82.3 Å². The Morgan fingerprint density at radius 1 is 0.410 bits per heavy atom. The van der Waals surface area contributed by atoms with Crippen molar-refractivity contribution in [2.75, 3.05) is 375 Å². The quantitative estimate of drug-likeness (QED) is 0.00926. The lowest BCUT2D eigenvalue weighted by Crippen LogP contribution is -3.11. The Balaban J connectivity index is 0.00000732. The lowest BCUT2D eigenvalue weighted by atomic mass is 9.81. The molecule has 0 aromatic heterocycles. The van der Waals surface area contributed by atoms with Gasteiger partial charge in [-0.15, -0.1) is 0 Å². The molecule has 40 nitrogen and oxygen atoms in total. The first kappa shape index (κ1) is 133. The summed E-state index contributed by atoms with van der Waals surface area (Å²) >= 11 is 0.841. The third-order valence-electron chi connectivity index (χ3n) is 22.0. The van der Waals surface area contributed by atoms with Gasteiger partial charge >= 0.3 is 6.09 Å². The van der Waals surface area contributed by atoms with Crippen LogP contribution in [0.4, 0.5) is 16.2 Å². The molecular formula is C102H180N6O34S2. The van der Waals surface area contributed by atoms with Gasteiger partial charge in [0.2, 0.25) is 17.5 Å². The standard InChI is InChI=1S/C96H165N5O34S2.C6H15N/c1-94(2,3)133-93(104)99-30-18-12-17-29-97-91(102)23-15-10-19-32-100-87-27-25-83(136-135-134-105)81-85(87)95(4,5)89(100)21-13-9-14-22-90-96(6,7)86-82-84(137(106,107)108)26-28-88(86)101(90)33-20-11-16-24-92(103)98-31-34-110-37-38-112-41-42-114-45-46-116-49-50-118-53-54-120-57-58-122-61-62-124-65-66-126-69-70-128-73-74-130-77-78-132-80-79-131-76-75-129-72-71-127-68-67-125-64-63-123-60-59-121-56-55-119-52-51-117-48-47-115-44-43-113-40-39-111-36-35-109-8;1-4-7(5-2)6-3/h9,13-14,21-22,25-28,81-82H,10-12,15-20,23-24,29-80H2,1-8H3,(H4-,97,98,99,102,103,104,105,106,107,108);4-6H2,1-3H3. The number of carbonyl (C=O) groups is 3. The molecule has 2 heterocycles. The van der Waals surface area contributed by atoms with Crippen molar-refractivity contribution in [3.8, 4) is 0 Å². The van der Waals surface area contributed by atoms with Crippen molar-refractivity contribution < 1.29 is 170 Å². The summed E-state index contributed by atoms with van der Waals surface area (Å²) in [7, 11) is -3.08. The number of benzene rings is 2. The molecule has 0 saturated carbocycles. The summed E-state index contributed by atoms with van der Waals surface area (Å²) in [6, 6.07) is 10.4. The lowest BCUT2D eigenvalue weighted by Gasteiger charge is -2.27. The number of allylic oxidation sites excluding steroid dienone is 6. The molecule has 2 aliphatic heterocycles. The Kier molecular flexibility index (Phi) is 83.1. The van der Waals surface area contributed by atoms with Crippen molar-refractivity contribution >= 4 is 57.2 Å². The minimum Gasteiger partial charge on any atom is -0.744 e. The fraction of sp³-hybridized carbons (Fsp3) is 0.784. The van der Waals surface area contributed by atoms with Crippen LogP contribution in [0.25, 0.3) is 0 Å². The van der Waals surface area contributed by atoms with E-state index in [1.807, 2.05) is 77.1 Å². The van der Waals surface area contributed by atoms with Crippen LogP contribution in [-0.4, -0.2) is 417 Å². The maximum atomic E-state index is 12.8. The number of hydrogen-bond acceptors (Lipinski definition) is 36. The summed E-state index contributed by atoms with van der Waals surface area (Å²) in [5.41, 5.74) is 3.91. The second-order valence-electron chi connectivity index (χ2n) is 35.0. The molecule has 0 unspecified atom stereocenters. The van der Waals surface area contributed by atoms with Crippen LogP contribution in [0.2, 0.25) is 0 Å². The Bertz CT molecular complexity index is 3690. The number of fused-ring (bicyclic) bond motifs is 2. The van der Waals surface area contributed by atoms with Crippen LogP contribution in [0.3, 0.4) is 0 Å². The third kappa shape index (κ3) is 69.8. The highest BCUT2D eigenvalue weighted by atomic mass is 32.2. The average Bonchev–Trinajstić information content (AvgIpc) is 1.59. The lowest BCUT2D eigenvalue weighted by molar-refractivity contribution is -0.894. The number of amides is 3. The van der Waals surface area contributed by atoms with E-state index in [1.165, 1.54) is 31.8 Å². The molecule has 2 aliphatic rings. The molecule has 4 N–H and O–H groups in total. The molecule has 0 saturated heterocycles. The molecule has 144 heavy (non-hydrogen) atoms. The van der Waals surface area contributed by atoms with Crippen LogP contribution in [0.5, 0.6) is 0 Å². The summed E-state index contributed by atoms with van der Waals surface area (Å²) in [6.45, 7) is 49.0. The van der Waals surface area contributed by atoms with Crippen LogP contribution >= 0.6 is 12.0 Å². The van der Waals surface area contributed by atoms with Crippen LogP contribution in [0.1, 0.15) is 151 Å². The van der Waals surface area contributed by atoms with E-state index in [0.717, 1.165) is 97.3 Å². The molecule has 834 valence electrons. The monoisotopic (exact) mass is 2100 g/mol. The minimum atomic E-state index is -4.72. The van der Waals surface area contributed by atoms with Gasteiger partial charge in [0.25, 0.3) is 0 Å². The zero-order valence-electron chi connectivity index (χ0n) is 88.6. The van der Waals surface area contributed by atoms with Gasteiger partial charge in [0.05, 0.1) is 353 Å². The zero-order valence-corrected chi connectivity index (χ0v) is 90.2. The Labute approximate surface area is 863 Å². The first-order valence-corrected chi connectivity index (χ1v) is 53.7. The van der Waals surface area contributed by atoms with E-state index in [9.17, 15) is 32.6 Å². The number of nitrogens with zero attached hydrogens (tertiary/aromatic N) is 2. The smallest absolute Gasteiger partial charge is 0.407 e. The summed E-state index contributed by atoms with van der Waals surface area (Å²) in [6.07, 6.45) is 17.3. The molecule has 0 fully saturated rings. The summed E-state index contributed by atoms with van der Waals surface area (Å²) in [5, 5.41) is 23.1. The number of anilines is 1. The van der Waals surface area contributed by atoms with Gasteiger partial charge in [0, 0.05) is 92.0 Å². The molecule has 42 heteroatoms. The molecular weight excluding hydrogens is 1920 g/mol. The molecule has 0 atom stereocenters. The van der Waals surface area contributed by atoms with Crippen molar-refractivity contribution in [3.05, 3.63) is 83.6 Å². The molecule has 0 bridgehead atoms. The molecule has 2 aromatic rings. The Hall–Kier alpha value is -5.52. The van der Waals surface area contributed by atoms with Gasteiger partial charge < -0.3 is 154 Å². The maximum Gasteiger partial charge on any atom is 0.407 e. The second kappa shape index (κ2) is 90.2. The van der Waals surface area contributed by atoms with E-state index in [2.05, 4.69) is 75.5 Å². The molecule has 0 spiro atoms. The topological polar surface area (TPSA) is 427 Å². The minimum absolute atomic E-state index is 0.0143. The normalized spacial score (nSPS) is 13.8. The number of unbranched alkanes of at least 4 members (excludes halogenated alkanes) is 6. The summed E-state index contributed by atoms with van der Waals surface area (Å²) < 4.78 is 181. The van der Waals surface area contributed by atoms with Gasteiger partial charge in [-0.2, -0.15) is 8.91 Å². The highest BCUT2D eigenvalue weighted by Gasteiger charge is 2.45. The van der Waals surface area contributed by atoms with Gasteiger partial charge in [-0.1, -0.05) is 38.5 Å². The molecule has 4 rings (SSSR count). The predicted octanol–water partition coefficient (Wildman–Crippen LogP) is 8.00. The van der Waals surface area contributed by atoms with E-state index in [4.69, 9.17) is 118 Å². The first-order chi connectivity index (χ1) is 70.0. The molecule has 2 aromatic carbocycles. The van der Waals surface area contributed by atoms with E-state index >= 15 is 0 Å². The summed E-state index contributed by atoms with van der Waals surface area (Å²) in [5.74, 6) is -0.0545. The zero-order chi connectivity index (χ0) is 104. The molecule has 0 aliphatic carbocycles. The van der Waals surface area contributed by atoms with Gasteiger partial charge in [-0.3, -0.25) is 14.6 Å². The number of nitrogens with one attached hydrogen (secondary N) is 4. The van der Waals surface area contributed by atoms with Gasteiger partial charge in [-0.25, -0.2) is 13.2 Å². The number of quaternary nitrogens is 1. The third-order valence-corrected chi connectivity index (χ3v) is 23.4. The molecule has 3 amide bonds. The van der Waals surface area contributed by atoms with Crippen molar-refractivity contribution in [2.24, 2.45) is 0 Å². The predicted molar refractivity (Wildman–Crippen MR) is 543 cm³/mol. The highest BCUT2D eigenvalue weighted by Crippen LogP contribution is 2.49. The van der Waals surface area contributed by atoms with Crippen molar-refractivity contribution in [1.82, 2.24) is 16.0 Å². The van der Waals surface area contributed by atoms with E-state index in [0.29, 0.717) is 367 Å². The molecule has 0 radical (unpaired) electrons. The second-order valence-corrected chi connectivity index (χ2v) is 37.1. The number of alkyl carbamates (subject to hydrolysis) is 1. The van der Waals surface area contributed by atoms with Gasteiger partial charge in [0.1, 0.15) is 22.3 Å². The summed E-state index contributed by atoms with van der Waals surface area (Å²) in [4.78, 5) is 41.7. The first-order valence-electron chi connectivity index (χ1n) is 51.5. The SMILES string of the molecule is CC[NH+](CC)CC.COCCOCCOCCOCCOCCOCCOCCOCCOCCOCCOCCOCCOCCOCCOCCOCCOCCOCCOCCOCCOCCOCCOCCOCCNC(=O)CCCCCN1C(=CC=CC=CC2=[N+](CCCCCC(=O)NCCCCCNC(=O)OC(C)(C)C)c3ccc(SOO[O-])cc3C2(C)C)C(C)(C)c2cc(S(=O)(=O)[O-])ccc21. The number of carbonyl (C=O) groups excluding carboxylic acids is 3.